The van der Waals surface area contributed by atoms with Crippen molar-refractivity contribution >= 4 is 10.9 Å². The summed E-state index contributed by atoms with van der Waals surface area (Å²) < 4.78 is 0. The van der Waals surface area contributed by atoms with E-state index in [0.29, 0.717) is 5.69 Å². The predicted octanol–water partition coefficient (Wildman–Crippen LogP) is 2.36. The van der Waals surface area contributed by atoms with Crippen LogP contribution in [0.2, 0.25) is 0 Å². The van der Waals surface area contributed by atoms with E-state index < -0.39 is 6.10 Å². The maximum atomic E-state index is 10.4. The third-order valence-electron chi connectivity index (χ3n) is 3.44. The highest BCUT2D eigenvalue weighted by Crippen LogP contribution is 2.24. The third-order valence-corrected chi connectivity index (χ3v) is 3.44. The molecule has 4 nitrogen and oxygen atoms in total. The molecule has 1 atom stereocenters. The Kier molecular flexibility index (Phi) is 3.50. The van der Waals surface area contributed by atoms with Crippen molar-refractivity contribution < 1.29 is 5.11 Å². The Morgan fingerprint density at radius 2 is 2.10 bits per heavy atom. The fourth-order valence-electron chi connectivity index (χ4n) is 2.39. The van der Waals surface area contributed by atoms with E-state index in [0.717, 1.165) is 23.0 Å². The van der Waals surface area contributed by atoms with Gasteiger partial charge in [-0.15, -0.1) is 0 Å². The summed E-state index contributed by atoms with van der Waals surface area (Å²) in [5.41, 5.74) is 3.68. The number of aliphatic hydroxyl groups is 1. The molecule has 20 heavy (non-hydrogen) atoms. The highest BCUT2D eigenvalue weighted by molar-refractivity contribution is 5.82. The summed E-state index contributed by atoms with van der Waals surface area (Å²) in [6.07, 6.45) is 3.05. The summed E-state index contributed by atoms with van der Waals surface area (Å²) in [6, 6.07) is 11.5. The molecule has 3 rings (SSSR count). The van der Waals surface area contributed by atoms with Crippen molar-refractivity contribution in [1.29, 1.82) is 0 Å². The fourth-order valence-corrected chi connectivity index (χ4v) is 2.39. The van der Waals surface area contributed by atoms with Crippen LogP contribution in [0.1, 0.15) is 22.9 Å². The Balaban J connectivity index is 2.01. The summed E-state index contributed by atoms with van der Waals surface area (Å²) >= 11 is 0. The molecule has 0 saturated carbocycles. The topological polar surface area (TPSA) is 60.9 Å². The van der Waals surface area contributed by atoms with Gasteiger partial charge in [-0.05, 0) is 24.2 Å². The molecule has 0 bridgehead atoms. The van der Waals surface area contributed by atoms with Gasteiger partial charge in [0.15, 0.2) is 0 Å². The zero-order valence-corrected chi connectivity index (χ0v) is 11.3. The van der Waals surface area contributed by atoms with Crippen molar-refractivity contribution in [3.8, 4) is 0 Å². The third kappa shape index (κ3) is 2.31. The molecule has 0 aliphatic carbocycles. The molecule has 0 radical (unpaired) electrons. The van der Waals surface area contributed by atoms with Gasteiger partial charge in [0, 0.05) is 18.1 Å². The molecule has 1 aromatic carbocycles. The highest BCUT2D eigenvalue weighted by Gasteiger charge is 2.13. The Labute approximate surface area is 117 Å². The van der Waals surface area contributed by atoms with E-state index in [9.17, 15) is 5.11 Å². The number of aliphatic hydroxyl groups excluding tert-OH is 1. The van der Waals surface area contributed by atoms with Gasteiger partial charge in [-0.2, -0.15) is 0 Å². The van der Waals surface area contributed by atoms with E-state index >= 15 is 0 Å². The van der Waals surface area contributed by atoms with Gasteiger partial charge in [0.25, 0.3) is 0 Å². The number of aromatic amines is 1. The lowest BCUT2D eigenvalue weighted by Gasteiger charge is -2.10. The number of benzene rings is 1. The van der Waals surface area contributed by atoms with Gasteiger partial charge < -0.3 is 15.4 Å². The smallest absolute Gasteiger partial charge is 0.121 e. The van der Waals surface area contributed by atoms with Gasteiger partial charge in [-0.1, -0.05) is 30.3 Å². The number of hydrogen-bond acceptors (Lipinski definition) is 3. The van der Waals surface area contributed by atoms with Crippen molar-refractivity contribution in [1.82, 2.24) is 15.3 Å². The lowest BCUT2D eigenvalue weighted by atomic mass is 10.0. The molecule has 102 valence electrons. The normalized spacial score (nSPS) is 12.7. The highest BCUT2D eigenvalue weighted by atomic mass is 16.3. The first-order valence-corrected chi connectivity index (χ1v) is 6.63. The van der Waals surface area contributed by atoms with E-state index in [4.69, 9.17) is 0 Å². The quantitative estimate of drug-likeness (QED) is 0.680. The predicted molar refractivity (Wildman–Crippen MR) is 79.4 cm³/mol. The zero-order valence-electron chi connectivity index (χ0n) is 11.3. The number of rotatable bonds is 4. The van der Waals surface area contributed by atoms with Crippen LogP contribution in [0.3, 0.4) is 0 Å². The minimum absolute atomic E-state index is 0.667. The Morgan fingerprint density at radius 3 is 2.85 bits per heavy atom. The van der Waals surface area contributed by atoms with Gasteiger partial charge in [0.1, 0.15) is 6.10 Å². The number of hydrogen-bond donors (Lipinski definition) is 3. The summed E-state index contributed by atoms with van der Waals surface area (Å²) in [6.45, 7) is 0.783. The first kappa shape index (κ1) is 12.8. The lowest BCUT2D eigenvalue weighted by Crippen LogP contribution is -2.05. The van der Waals surface area contributed by atoms with Crippen LogP contribution in [0.15, 0.2) is 48.8 Å². The molecule has 2 aromatic heterocycles. The second-order valence-corrected chi connectivity index (χ2v) is 4.81. The Hall–Kier alpha value is -2.17. The Bertz CT molecular complexity index is 706. The monoisotopic (exact) mass is 267 g/mol. The van der Waals surface area contributed by atoms with E-state index in [1.165, 1.54) is 5.56 Å². The first-order chi connectivity index (χ1) is 9.79. The summed E-state index contributed by atoms with van der Waals surface area (Å²) in [5, 5.41) is 14.7. The van der Waals surface area contributed by atoms with Crippen molar-refractivity contribution in [2.24, 2.45) is 0 Å². The number of H-pyrrole nitrogens is 1. The van der Waals surface area contributed by atoms with E-state index in [1.807, 2.05) is 49.6 Å². The van der Waals surface area contributed by atoms with E-state index in [1.54, 1.807) is 6.20 Å². The van der Waals surface area contributed by atoms with Crippen molar-refractivity contribution in [2.45, 2.75) is 12.6 Å². The maximum absolute atomic E-state index is 10.4. The van der Waals surface area contributed by atoms with Crippen LogP contribution >= 0.6 is 0 Å². The first-order valence-electron chi connectivity index (χ1n) is 6.63. The molecule has 0 aliphatic heterocycles. The minimum atomic E-state index is -0.696. The Morgan fingerprint density at radius 1 is 1.30 bits per heavy atom. The van der Waals surface area contributed by atoms with Crippen LogP contribution in [0.4, 0.5) is 0 Å². The SMILES string of the molecule is CNCc1c[nH]c2cnc(C(O)c3ccccc3)cc12. The van der Waals surface area contributed by atoms with Crippen LogP contribution in [0, 0.1) is 0 Å². The number of nitrogens with zero attached hydrogens (tertiary/aromatic N) is 1. The van der Waals surface area contributed by atoms with Crippen LogP contribution in [0.5, 0.6) is 0 Å². The maximum Gasteiger partial charge on any atom is 0.121 e. The second kappa shape index (κ2) is 5.45. The van der Waals surface area contributed by atoms with Gasteiger partial charge >= 0.3 is 0 Å². The number of fused-ring (bicyclic) bond motifs is 1. The number of aromatic nitrogens is 2. The fraction of sp³-hybridized carbons (Fsp3) is 0.188. The van der Waals surface area contributed by atoms with Crippen molar-refractivity contribution in [3.63, 3.8) is 0 Å². The van der Waals surface area contributed by atoms with Gasteiger partial charge in [-0.25, -0.2) is 0 Å². The van der Waals surface area contributed by atoms with E-state index in [-0.39, 0.29) is 0 Å². The molecule has 2 heterocycles. The second-order valence-electron chi connectivity index (χ2n) is 4.81. The lowest BCUT2D eigenvalue weighted by molar-refractivity contribution is 0.215. The van der Waals surface area contributed by atoms with Gasteiger partial charge in [0.05, 0.1) is 17.4 Å². The zero-order chi connectivity index (χ0) is 13.9. The average Bonchev–Trinajstić information content (AvgIpc) is 2.90. The van der Waals surface area contributed by atoms with E-state index in [2.05, 4.69) is 15.3 Å². The van der Waals surface area contributed by atoms with Crippen LogP contribution in [-0.2, 0) is 6.54 Å². The number of pyridine rings is 1. The summed E-state index contributed by atoms with van der Waals surface area (Å²) in [5.74, 6) is 0. The average molecular weight is 267 g/mol. The minimum Gasteiger partial charge on any atom is -0.382 e. The molecule has 0 aliphatic rings. The van der Waals surface area contributed by atoms with Crippen LogP contribution in [0.25, 0.3) is 10.9 Å². The molecule has 3 aromatic rings. The molecular weight excluding hydrogens is 250 g/mol. The van der Waals surface area contributed by atoms with Crippen molar-refractivity contribution in [3.05, 3.63) is 65.6 Å². The molecule has 4 heteroatoms. The van der Waals surface area contributed by atoms with Gasteiger partial charge in [-0.3, -0.25) is 4.98 Å². The molecular formula is C16H17N3O. The molecule has 0 saturated heterocycles. The molecule has 3 N–H and O–H groups in total. The van der Waals surface area contributed by atoms with Crippen molar-refractivity contribution in [2.75, 3.05) is 7.05 Å². The largest absolute Gasteiger partial charge is 0.382 e. The summed E-state index contributed by atoms with van der Waals surface area (Å²) in [4.78, 5) is 7.55. The van der Waals surface area contributed by atoms with Crippen LogP contribution < -0.4 is 5.32 Å². The van der Waals surface area contributed by atoms with Crippen LogP contribution in [-0.4, -0.2) is 22.1 Å². The molecule has 1 unspecified atom stereocenters. The number of nitrogens with one attached hydrogen (secondary N) is 2. The summed E-state index contributed by atoms with van der Waals surface area (Å²) in [7, 11) is 1.92. The standard InChI is InChI=1S/C16H17N3O/c1-17-8-12-9-18-15-10-19-14(7-13(12)15)16(20)11-5-3-2-4-6-11/h2-7,9-10,16-18,20H,8H2,1H3. The molecule has 0 spiro atoms. The van der Waals surface area contributed by atoms with Gasteiger partial charge in [0.2, 0.25) is 0 Å². The molecule has 0 amide bonds. The molecule has 0 fully saturated rings.